The Kier molecular flexibility index (Phi) is 6.51. The lowest BCUT2D eigenvalue weighted by molar-refractivity contribution is -0.116. The van der Waals surface area contributed by atoms with Crippen molar-refractivity contribution in [2.24, 2.45) is 0 Å². The molecule has 2 aliphatic rings. The van der Waals surface area contributed by atoms with Crippen LogP contribution in [0.15, 0.2) is 48.2 Å². The zero-order valence-electron chi connectivity index (χ0n) is 17.7. The van der Waals surface area contributed by atoms with Crippen molar-refractivity contribution in [3.8, 4) is 11.1 Å². The SMILES string of the molecule is COC(=S)OC1=C(c2cc(-c3ccc(F)cc3)ccc2Cl)C(=O)N[C@]12CC[C@@H](OC)CC2. The van der Waals surface area contributed by atoms with Gasteiger partial charge in [-0.2, -0.15) is 0 Å². The van der Waals surface area contributed by atoms with Gasteiger partial charge in [0.15, 0.2) is 0 Å². The van der Waals surface area contributed by atoms with Crippen molar-refractivity contribution in [2.75, 3.05) is 14.2 Å². The Morgan fingerprint density at radius 2 is 1.78 bits per heavy atom. The Morgan fingerprint density at radius 1 is 1.12 bits per heavy atom. The first-order chi connectivity index (χ1) is 15.4. The Hall–Kier alpha value is -2.48. The van der Waals surface area contributed by atoms with E-state index in [1.807, 2.05) is 12.1 Å². The first-order valence-corrected chi connectivity index (χ1v) is 11.1. The molecule has 0 atom stereocenters. The van der Waals surface area contributed by atoms with Gasteiger partial charge in [0.1, 0.15) is 11.6 Å². The number of halogens is 2. The van der Waals surface area contributed by atoms with Gasteiger partial charge in [-0.15, -0.1) is 0 Å². The van der Waals surface area contributed by atoms with Gasteiger partial charge in [0.05, 0.1) is 24.3 Å². The lowest BCUT2D eigenvalue weighted by Gasteiger charge is -2.37. The van der Waals surface area contributed by atoms with E-state index in [0.717, 1.165) is 24.0 Å². The maximum atomic E-state index is 13.4. The minimum Gasteiger partial charge on any atom is -0.460 e. The third-order valence-corrected chi connectivity index (χ3v) is 6.71. The number of hydrogen-bond acceptors (Lipinski definition) is 5. The molecule has 1 aliphatic heterocycles. The zero-order valence-corrected chi connectivity index (χ0v) is 19.3. The molecule has 1 aliphatic carbocycles. The van der Waals surface area contributed by atoms with Gasteiger partial charge in [0.2, 0.25) is 0 Å². The Labute approximate surface area is 196 Å². The zero-order chi connectivity index (χ0) is 22.9. The van der Waals surface area contributed by atoms with E-state index in [1.165, 1.54) is 19.2 Å². The van der Waals surface area contributed by atoms with E-state index in [4.69, 9.17) is 38.0 Å². The van der Waals surface area contributed by atoms with Crippen LogP contribution in [0.5, 0.6) is 0 Å². The molecule has 0 unspecified atom stereocenters. The molecule has 0 saturated heterocycles. The summed E-state index contributed by atoms with van der Waals surface area (Å²) < 4.78 is 29.9. The van der Waals surface area contributed by atoms with Crippen LogP contribution in [0.1, 0.15) is 31.2 Å². The molecule has 2 aromatic rings. The summed E-state index contributed by atoms with van der Waals surface area (Å²) in [5.74, 6) is -0.187. The molecule has 5 nitrogen and oxygen atoms in total. The van der Waals surface area contributed by atoms with Crippen molar-refractivity contribution in [3.05, 3.63) is 64.6 Å². The number of nitrogens with one attached hydrogen (secondary N) is 1. The normalized spacial score (nSPS) is 22.8. The highest BCUT2D eigenvalue weighted by atomic mass is 35.5. The number of benzene rings is 2. The molecule has 0 bridgehead atoms. The average Bonchev–Trinajstić information content (AvgIpc) is 3.05. The van der Waals surface area contributed by atoms with Crippen LogP contribution in [0, 0.1) is 5.82 Å². The molecule has 8 heteroatoms. The smallest absolute Gasteiger partial charge is 0.357 e. The molecular formula is C24H23ClFNO4S. The van der Waals surface area contributed by atoms with Crippen LogP contribution in [-0.4, -0.2) is 37.0 Å². The quantitative estimate of drug-likeness (QED) is 0.611. The predicted octanol–water partition coefficient (Wildman–Crippen LogP) is 5.26. The van der Waals surface area contributed by atoms with Crippen LogP contribution >= 0.6 is 23.8 Å². The molecule has 0 aromatic heterocycles. The first kappa shape index (κ1) is 22.7. The summed E-state index contributed by atoms with van der Waals surface area (Å²) in [4.78, 5) is 13.3. The van der Waals surface area contributed by atoms with Crippen molar-refractivity contribution < 1.29 is 23.4 Å². The molecule has 1 saturated carbocycles. The number of hydrogen-bond donors (Lipinski definition) is 1. The van der Waals surface area contributed by atoms with E-state index in [1.54, 1.807) is 25.3 Å². The van der Waals surface area contributed by atoms with Gasteiger partial charge >= 0.3 is 5.24 Å². The maximum Gasteiger partial charge on any atom is 0.357 e. The molecule has 2 aromatic carbocycles. The fourth-order valence-corrected chi connectivity index (χ4v) is 4.70. The monoisotopic (exact) mass is 475 g/mol. The molecular weight excluding hydrogens is 453 g/mol. The minimum absolute atomic E-state index is 0.0759. The summed E-state index contributed by atoms with van der Waals surface area (Å²) in [6.07, 6.45) is 2.93. The minimum atomic E-state index is -0.709. The summed E-state index contributed by atoms with van der Waals surface area (Å²) in [5.41, 5.74) is 1.73. The topological polar surface area (TPSA) is 56.8 Å². The number of ether oxygens (including phenoxy) is 3. The predicted molar refractivity (Wildman–Crippen MR) is 125 cm³/mol. The number of thiocarbonyl (C=S) groups is 1. The fraction of sp³-hybridized carbons (Fsp3) is 0.333. The highest BCUT2D eigenvalue weighted by molar-refractivity contribution is 7.79. The van der Waals surface area contributed by atoms with Gasteiger partial charge in [-0.3, -0.25) is 4.79 Å². The van der Waals surface area contributed by atoms with Gasteiger partial charge in [-0.1, -0.05) is 29.8 Å². The molecule has 1 amide bonds. The van der Waals surface area contributed by atoms with E-state index < -0.39 is 5.54 Å². The van der Waals surface area contributed by atoms with Crippen molar-refractivity contribution in [3.63, 3.8) is 0 Å². The molecule has 1 N–H and O–H groups in total. The van der Waals surface area contributed by atoms with Gasteiger partial charge in [0, 0.05) is 29.9 Å². The van der Waals surface area contributed by atoms with Crippen LogP contribution in [0.25, 0.3) is 16.7 Å². The van der Waals surface area contributed by atoms with Crippen molar-refractivity contribution in [1.29, 1.82) is 0 Å². The fourth-order valence-electron chi connectivity index (χ4n) is 4.41. The van der Waals surface area contributed by atoms with Gasteiger partial charge in [-0.25, -0.2) is 4.39 Å². The molecule has 1 heterocycles. The van der Waals surface area contributed by atoms with Crippen molar-refractivity contribution >= 4 is 40.5 Å². The lowest BCUT2D eigenvalue weighted by Crippen LogP contribution is -2.49. The second-order valence-electron chi connectivity index (χ2n) is 7.93. The van der Waals surface area contributed by atoms with Gasteiger partial charge < -0.3 is 19.5 Å². The average molecular weight is 476 g/mol. The van der Waals surface area contributed by atoms with Crippen molar-refractivity contribution in [1.82, 2.24) is 5.32 Å². The highest BCUT2D eigenvalue weighted by Crippen LogP contribution is 2.45. The van der Waals surface area contributed by atoms with Crippen LogP contribution in [0.2, 0.25) is 5.02 Å². The first-order valence-electron chi connectivity index (χ1n) is 10.3. The van der Waals surface area contributed by atoms with Gasteiger partial charge in [0.25, 0.3) is 5.91 Å². The summed E-state index contributed by atoms with van der Waals surface area (Å²) in [6, 6.07) is 11.5. The number of rotatable bonds is 4. The van der Waals surface area contributed by atoms with Gasteiger partial charge in [-0.05, 0) is 61.1 Å². The maximum absolute atomic E-state index is 13.4. The molecule has 0 radical (unpaired) electrons. The standard InChI is InChI=1S/C24H23ClFNO4S/c1-29-17-9-11-24(12-10-17)21(31-23(32)30-2)20(22(28)27-24)18-13-15(5-8-19(18)25)14-3-6-16(26)7-4-14/h3-8,13,17H,9-12H2,1-2H3,(H,27,28)/t17-,24+. The van der Waals surface area contributed by atoms with Crippen molar-refractivity contribution in [2.45, 2.75) is 37.3 Å². The Morgan fingerprint density at radius 3 is 2.41 bits per heavy atom. The summed E-state index contributed by atoms with van der Waals surface area (Å²) in [6.45, 7) is 0. The summed E-state index contributed by atoms with van der Waals surface area (Å²) in [5, 5.41) is 3.44. The molecule has 4 rings (SSSR count). The van der Waals surface area contributed by atoms with E-state index >= 15 is 0 Å². The van der Waals surface area contributed by atoms with E-state index in [0.29, 0.717) is 34.8 Å². The van der Waals surface area contributed by atoms with Crippen LogP contribution < -0.4 is 5.32 Å². The number of carbonyl (C=O) groups excluding carboxylic acids is 1. The molecule has 1 spiro atoms. The number of carbonyl (C=O) groups is 1. The van der Waals surface area contributed by atoms with Crippen LogP contribution in [0.4, 0.5) is 4.39 Å². The molecule has 32 heavy (non-hydrogen) atoms. The van der Waals surface area contributed by atoms with E-state index in [2.05, 4.69) is 5.32 Å². The lowest BCUT2D eigenvalue weighted by atomic mass is 9.79. The number of amides is 1. The Balaban J connectivity index is 1.83. The summed E-state index contributed by atoms with van der Waals surface area (Å²) in [7, 11) is 3.11. The van der Waals surface area contributed by atoms with E-state index in [-0.39, 0.29) is 23.1 Å². The Bertz CT molecular complexity index is 1080. The van der Waals surface area contributed by atoms with E-state index in [9.17, 15) is 9.18 Å². The molecule has 1 fully saturated rings. The summed E-state index contributed by atoms with van der Waals surface area (Å²) >= 11 is 11.7. The van der Waals surface area contributed by atoms with Crippen LogP contribution in [0.3, 0.4) is 0 Å². The largest absolute Gasteiger partial charge is 0.460 e. The highest BCUT2D eigenvalue weighted by Gasteiger charge is 2.50. The second kappa shape index (κ2) is 9.17. The van der Waals surface area contributed by atoms with Crippen LogP contribution in [-0.2, 0) is 19.0 Å². The second-order valence-corrected chi connectivity index (χ2v) is 8.67. The number of methoxy groups -OCH3 is 2. The molecule has 168 valence electrons. The third-order valence-electron chi connectivity index (χ3n) is 6.13. The third kappa shape index (κ3) is 4.25.